The first-order chi connectivity index (χ1) is 9.47. The molecule has 0 aliphatic carbocycles. The first kappa shape index (κ1) is 15.7. The maximum absolute atomic E-state index is 12.1. The lowest BCUT2D eigenvalue weighted by atomic mass is 10.2. The molecule has 1 N–H and O–H groups in total. The number of hydrogen-bond donors (Lipinski definition) is 1. The highest BCUT2D eigenvalue weighted by Crippen LogP contribution is 2.24. The normalized spacial score (nSPS) is 11.1. The number of nitrogens with one attached hydrogen (secondary N) is 1. The summed E-state index contributed by atoms with van der Waals surface area (Å²) >= 11 is 8.45. The van der Waals surface area contributed by atoms with Crippen molar-refractivity contribution in [2.75, 3.05) is 5.32 Å². The number of rotatable bonds is 5. The molecule has 0 radical (unpaired) electrons. The lowest BCUT2D eigenvalue weighted by Crippen LogP contribution is -2.26. The van der Waals surface area contributed by atoms with Gasteiger partial charge in [0.25, 0.3) is 5.56 Å². The Morgan fingerprint density at radius 3 is 2.75 bits per heavy atom. The third kappa shape index (κ3) is 3.93. The van der Waals surface area contributed by atoms with Gasteiger partial charge in [-0.3, -0.25) is 4.79 Å². The standard InChI is InChI=1S/C13H15Br2N3OS/c1-8(2)7-18-13(19)12(15)10(6-17-18)16-5-9-3-4-11(14)20-9/h3-4,6,8,16H,5,7H2,1-2H3. The van der Waals surface area contributed by atoms with Crippen LogP contribution in [0, 0.1) is 5.92 Å². The van der Waals surface area contributed by atoms with Gasteiger partial charge in [0.15, 0.2) is 0 Å². The van der Waals surface area contributed by atoms with Gasteiger partial charge < -0.3 is 5.32 Å². The molecule has 0 saturated carbocycles. The lowest BCUT2D eigenvalue weighted by Gasteiger charge is -2.11. The molecular formula is C13H15Br2N3OS. The third-order valence-corrected chi connectivity index (χ3v) is 4.99. The van der Waals surface area contributed by atoms with Gasteiger partial charge in [0.1, 0.15) is 4.47 Å². The van der Waals surface area contributed by atoms with Gasteiger partial charge in [-0.05, 0) is 49.9 Å². The van der Waals surface area contributed by atoms with Gasteiger partial charge in [-0.2, -0.15) is 5.10 Å². The van der Waals surface area contributed by atoms with Crippen LogP contribution in [0.25, 0.3) is 0 Å². The van der Waals surface area contributed by atoms with Gasteiger partial charge in [-0.15, -0.1) is 11.3 Å². The molecule has 0 aliphatic rings. The van der Waals surface area contributed by atoms with Crippen LogP contribution in [-0.4, -0.2) is 9.78 Å². The maximum Gasteiger partial charge on any atom is 0.283 e. The van der Waals surface area contributed by atoms with E-state index in [4.69, 9.17) is 0 Å². The predicted molar refractivity (Wildman–Crippen MR) is 90.4 cm³/mol. The average molecular weight is 421 g/mol. The molecule has 0 bridgehead atoms. The first-order valence-corrected chi connectivity index (χ1v) is 8.61. The minimum Gasteiger partial charge on any atom is -0.378 e. The SMILES string of the molecule is CC(C)Cn1ncc(NCc2ccc(Br)s2)c(Br)c1=O. The highest BCUT2D eigenvalue weighted by molar-refractivity contribution is 9.11. The third-order valence-electron chi connectivity index (χ3n) is 2.60. The van der Waals surface area contributed by atoms with Crippen LogP contribution < -0.4 is 10.9 Å². The van der Waals surface area contributed by atoms with E-state index in [2.05, 4.69) is 56.1 Å². The summed E-state index contributed by atoms with van der Waals surface area (Å²) < 4.78 is 3.12. The minimum absolute atomic E-state index is 0.101. The molecule has 2 rings (SSSR count). The van der Waals surface area contributed by atoms with Crippen molar-refractivity contribution in [2.45, 2.75) is 26.9 Å². The highest BCUT2D eigenvalue weighted by Gasteiger charge is 2.10. The van der Waals surface area contributed by atoms with Crippen LogP contribution >= 0.6 is 43.2 Å². The molecular weight excluding hydrogens is 406 g/mol. The van der Waals surface area contributed by atoms with Gasteiger partial charge in [0.05, 0.1) is 15.7 Å². The monoisotopic (exact) mass is 419 g/mol. The average Bonchev–Trinajstić information content (AvgIpc) is 2.79. The second kappa shape index (κ2) is 6.87. The minimum atomic E-state index is -0.101. The zero-order chi connectivity index (χ0) is 14.7. The molecule has 2 heterocycles. The van der Waals surface area contributed by atoms with Crippen LogP contribution in [0.1, 0.15) is 18.7 Å². The summed E-state index contributed by atoms with van der Waals surface area (Å²) in [5, 5.41) is 7.43. The van der Waals surface area contributed by atoms with Crippen LogP contribution in [0.2, 0.25) is 0 Å². The largest absolute Gasteiger partial charge is 0.378 e. The summed E-state index contributed by atoms with van der Waals surface area (Å²) in [4.78, 5) is 13.3. The molecule has 0 atom stereocenters. The van der Waals surface area contributed by atoms with E-state index < -0.39 is 0 Å². The van der Waals surface area contributed by atoms with E-state index in [9.17, 15) is 4.79 Å². The zero-order valence-corrected chi connectivity index (χ0v) is 15.2. The van der Waals surface area contributed by atoms with E-state index in [1.807, 2.05) is 12.1 Å². The molecule has 0 amide bonds. The summed E-state index contributed by atoms with van der Waals surface area (Å²) in [6.45, 7) is 5.41. The molecule has 7 heteroatoms. The zero-order valence-electron chi connectivity index (χ0n) is 11.2. The van der Waals surface area contributed by atoms with E-state index in [0.29, 0.717) is 23.5 Å². The second-order valence-corrected chi connectivity index (χ2v) is 8.15. The maximum atomic E-state index is 12.1. The van der Waals surface area contributed by atoms with E-state index >= 15 is 0 Å². The number of aromatic nitrogens is 2. The van der Waals surface area contributed by atoms with E-state index in [1.165, 1.54) is 9.56 Å². The smallest absolute Gasteiger partial charge is 0.283 e. The highest BCUT2D eigenvalue weighted by atomic mass is 79.9. The number of anilines is 1. The molecule has 0 unspecified atom stereocenters. The van der Waals surface area contributed by atoms with Crippen LogP contribution in [0.4, 0.5) is 5.69 Å². The second-order valence-electron chi connectivity index (χ2n) is 4.81. The van der Waals surface area contributed by atoms with Crippen LogP contribution in [-0.2, 0) is 13.1 Å². The number of thiophene rings is 1. The fourth-order valence-electron chi connectivity index (χ4n) is 1.69. The van der Waals surface area contributed by atoms with Gasteiger partial charge in [-0.1, -0.05) is 13.8 Å². The van der Waals surface area contributed by atoms with Gasteiger partial charge in [-0.25, -0.2) is 4.68 Å². The van der Waals surface area contributed by atoms with Crippen molar-refractivity contribution in [3.8, 4) is 0 Å². The lowest BCUT2D eigenvalue weighted by molar-refractivity contribution is 0.462. The quantitative estimate of drug-likeness (QED) is 0.791. The Morgan fingerprint density at radius 1 is 1.40 bits per heavy atom. The van der Waals surface area contributed by atoms with E-state index in [1.54, 1.807) is 17.5 Å². The van der Waals surface area contributed by atoms with Gasteiger partial charge >= 0.3 is 0 Å². The Morgan fingerprint density at radius 2 is 2.15 bits per heavy atom. The van der Waals surface area contributed by atoms with Crippen molar-refractivity contribution in [3.05, 3.63) is 41.8 Å². The van der Waals surface area contributed by atoms with Gasteiger partial charge in [0, 0.05) is 18.0 Å². The fourth-order valence-corrected chi connectivity index (χ4v) is 3.56. The summed E-state index contributed by atoms with van der Waals surface area (Å²) in [5.41, 5.74) is 0.621. The molecule has 2 aromatic heterocycles. The summed E-state index contributed by atoms with van der Waals surface area (Å²) in [6.07, 6.45) is 1.69. The number of hydrogen-bond acceptors (Lipinski definition) is 4. The molecule has 20 heavy (non-hydrogen) atoms. The molecule has 2 aromatic rings. The van der Waals surface area contributed by atoms with Gasteiger partial charge in [0.2, 0.25) is 0 Å². The molecule has 0 aromatic carbocycles. The Bertz CT molecular complexity index is 651. The molecule has 0 spiro atoms. The van der Waals surface area contributed by atoms with Crippen LogP contribution in [0.5, 0.6) is 0 Å². The van der Waals surface area contributed by atoms with Crippen LogP contribution in [0.15, 0.2) is 31.4 Å². The van der Waals surface area contributed by atoms with Crippen LogP contribution in [0.3, 0.4) is 0 Å². The van der Waals surface area contributed by atoms with Crippen molar-refractivity contribution in [2.24, 2.45) is 5.92 Å². The molecule has 0 aliphatic heterocycles. The molecule has 0 fully saturated rings. The van der Waals surface area contributed by atoms with Crippen molar-refractivity contribution < 1.29 is 0 Å². The summed E-state index contributed by atoms with van der Waals surface area (Å²) in [6, 6.07) is 4.05. The Balaban J connectivity index is 2.13. The van der Waals surface area contributed by atoms with E-state index in [-0.39, 0.29) is 5.56 Å². The number of nitrogens with zero attached hydrogens (tertiary/aromatic N) is 2. The van der Waals surface area contributed by atoms with Crippen molar-refractivity contribution in [3.63, 3.8) is 0 Å². The Kier molecular flexibility index (Phi) is 5.40. The molecule has 4 nitrogen and oxygen atoms in total. The Labute approximate surface area is 138 Å². The van der Waals surface area contributed by atoms with Crippen molar-refractivity contribution in [1.29, 1.82) is 0 Å². The van der Waals surface area contributed by atoms with Crippen molar-refractivity contribution >= 4 is 48.9 Å². The van der Waals surface area contributed by atoms with Crippen molar-refractivity contribution in [1.82, 2.24) is 9.78 Å². The molecule has 0 saturated heterocycles. The van der Waals surface area contributed by atoms with E-state index in [0.717, 1.165) is 9.47 Å². The first-order valence-electron chi connectivity index (χ1n) is 6.21. The molecule has 108 valence electrons. The fraction of sp³-hybridized carbons (Fsp3) is 0.385. The number of halogens is 2. The Hall–Kier alpha value is -0.660. The predicted octanol–water partition coefficient (Wildman–Crippen LogP) is 4.10. The summed E-state index contributed by atoms with van der Waals surface area (Å²) in [5.74, 6) is 0.384. The summed E-state index contributed by atoms with van der Waals surface area (Å²) in [7, 11) is 0. The topological polar surface area (TPSA) is 46.9 Å².